The van der Waals surface area contributed by atoms with Crippen molar-refractivity contribution in [2.45, 2.75) is 0 Å². The van der Waals surface area contributed by atoms with Crippen LogP contribution in [0.5, 0.6) is 5.75 Å². The van der Waals surface area contributed by atoms with Gasteiger partial charge in [0, 0.05) is 22.8 Å². The van der Waals surface area contributed by atoms with Crippen molar-refractivity contribution in [3.05, 3.63) is 88.1 Å². The summed E-state index contributed by atoms with van der Waals surface area (Å²) in [6.07, 6.45) is 1.64. The van der Waals surface area contributed by atoms with Crippen molar-refractivity contribution in [3.8, 4) is 22.8 Å². The first-order valence-corrected chi connectivity index (χ1v) is 10.6. The van der Waals surface area contributed by atoms with Crippen LogP contribution >= 0.6 is 22.6 Å². The van der Waals surface area contributed by atoms with Crippen molar-refractivity contribution in [1.82, 2.24) is 20.0 Å². The molecule has 158 valence electrons. The molecule has 2 aromatic heterocycles. The molecule has 3 aromatic carbocycles. The average molecular weight is 541 g/mol. The number of fused-ring (bicyclic) bond motifs is 1. The second-order valence-corrected chi connectivity index (χ2v) is 8.17. The van der Waals surface area contributed by atoms with E-state index in [1.807, 2.05) is 52.9 Å². The molecular weight excluding hydrogens is 527 g/mol. The summed E-state index contributed by atoms with van der Waals surface area (Å²) in [6, 6.07) is 18.3. The van der Waals surface area contributed by atoms with E-state index in [1.54, 1.807) is 24.4 Å². The second-order valence-electron chi connectivity index (χ2n) is 7.01. The van der Waals surface area contributed by atoms with Gasteiger partial charge in [0.25, 0.3) is 0 Å². The fourth-order valence-corrected chi connectivity index (χ4v) is 3.80. The van der Waals surface area contributed by atoms with Gasteiger partial charge < -0.3 is 10.4 Å². The molecule has 6 nitrogen and oxygen atoms in total. The van der Waals surface area contributed by atoms with Gasteiger partial charge in [-0.05, 0) is 77.2 Å². The van der Waals surface area contributed by atoms with Crippen LogP contribution < -0.4 is 5.32 Å². The van der Waals surface area contributed by atoms with Crippen molar-refractivity contribution in [2.24, 2.45) is 0 Å². The summed E-state index contributed by atoms with van der Waals surface area (Å²) in [7, 11) is 0. The molecule has 0 spiro atoms. The van der Waals surface area contributed by atoms with Gasteiger partial charge >= 0.3 is 0 Å². The Morgan fingerprint density at radius 1 is 0.906 bits per heavy atom. The van der Waals surface area contributed by atoms with Crippen molar-refractivity contribution in [2.75, 3.05) is 5.32 Å². The number of nitrogens with zero attached hydrogens (tertiary/aromatic N) is 4. The van der Waals surface area contributed by atoms with Gasteiger partial charge in [0.05, 0.1) is 26.7 Å². The van der Waals surface area contributed by atoms with Crippen LogP contribution in [0.25, 0.3) is 28.0 Å². The Hall–Kier alpha value is -3.60. The Bertz CT molecular complexity index is 1470. The summed E-state index contributed by atoms with van der Waals surface area (Å²) in [5.41, 5.74) is 3.92. The molecule has 2 N–H and O–H groups in total. The van der Waals surface area contributed by atoms with E-state index in [9.17, 15) is 13.9 Å². The maximum Gasteiger partial charge on any atom is 0.166 e. The molecule has 0 saturated heterocycles. The molecule has 5 rings (SSSR count). The number of rotatable bonds is 4. The molecule has 0 fully saturated rings. The number of aromatic nitrogens is 4. The topological polar surface area (TPSA) is 75.9 Å². The lowest BCUT2D eigenvalue weighted by atomic mass is 10.1. The zero-order chi connectivity index (χ0) is 22.2. The molecule has 0 aliphatic heterocycles. The molecule has 0 bridgehead atoms. The predicted octanol–water partition coefficient (Wildman–Crippen LogP) is 5.81. The maximum atomic E-state index is 13.7. The number of anilines is 2. The van der Waals surface area contributed by atoms with Gasteiger partial charge in [0.2, 0.25) is 0 Å². The standard InChI is InChI=1S/C23H14F2IN5O/c24-16-7-4-13(10-18(16)26)27-19-2-1-3-20-15(19)6-8-21(28-20)22-12-31(30-29-22)14-5-9-23(32)17(25)11-14/h1-12,27,32H. The Labute approximate surface area is 194 Å². The number of aromatic hydroxyl groups is 1. The second kappa shape index (κ2) is 8.15. The average Bonchev–Trinajstić information content (AvgIpc) is 3.28. The quantitative estimate of drug-likeness (QED) is 0.281. The molecule has 0 atom stereocenters. The van der Waals surface area contributed by atoms with Crippen LogP contribution in [0.3, 0.4) is 0 Å². The van der Waals surface area contributed by atoms with Crippen LogP contribution in [-0.4, -0.2) is 25.1 Å². The van der Waals surface area contributed by atoms with Gasteiger partial charge in [0.1, 0.15) is 11.5 Å². The van der Waals surface area contributed by atoms with Crippen LogP contribution in [0, 0.1) is 15.2 Å². The zero-order valence-corrected chi connectivity index (χ0v) is 18.5. The van der Waals surface area contributed by atoms with Crippen LogP contribution in [-0.2, 0) is 0 Å². The minimum Gasteiger partial charge on any atom is -0.505 e. The van der Waals surface area contributed by atoms with E-state index in [-0.39, 0.29) is 5.82 Å². The molecule has 32 heavy (non-hydrogen) atoms. The van der Waals surface area contributed by atoms with Gasteiger partial charge in [0.15, 0.2) is 11.6 Å². The van der Waals surface area contributed by atoms with E-state index < -0.39 is 11.6 Å². The van der Waals surface area contributed by atoms with Crippen molar-refractivity contribution >= 4 is 44.9 Å². The van der Waals surface area contributed by atoms with Crippen LogP contribution in [0.4, 0.5) is 20.2 Å². The van der Waals surface area contributed by atoms with Crippen LogP contribution in [0.15, 0.2) is 72.9 Å². The Morgan fingerprint density at radius 3 is 2.59 bits per heavy atom. The highest BCUT2D eigenvalue weighted by Gasteiger charge is 2.11. The molecule has 0 saturated carbocycles. The molecule has 0 aliphatic carbocycles. The van der Waals surface area contributed by atoms with Gasteiger partial charge in [-0.15, -0.1) is 5.10 Å². The van der Waals surface area contributed by atoms with E-state index in [4.69, 9.17) is 0 Å². The van der Waals surface area contributed by atoms with Gasteiger partial charge in [-0.2, -0.15) is 0 Å². The van der Waals surface area contributed by atoms with E-state index in [1.165, 1.54) is 22.9 Å². The highest BCUT2D eigenvalue weighted by Crippen LogP contribution is 2.29. The number of hydrogen-bond donors (Lipinski definition) is 2. The summed E-state index contributed by atoms with van der Waals surface area (Å²) in [6.45, 7) is 0. The van der Waals surface area contributed by atoms with Crippen molar-refractivity contribution in [3.63, 3.8) is 0 Å². The van der Waals surface area contributed by atoms with Crippen molar-refractivity contribution in [1.29, 1.82) is 0 Å². The molecule has 2 heterocycles. The lowest BCUT2D eigenvalue weighted by Crippen LogP contribution is -1.95. The molecule has 0 unspecified atom stereocenters. The molecule has 5 aromatic rings. The predicted molar refractivity (Wildman–Crippen MR) is 126 cm³/mol. The molecule has 0 amide bonds. The van der Waals surface area contributed by atoms with Gasteiger partial charge in [-0.25, -0.2) is 18.4 Å². The molecule has 0 aliphatic rings. The normalized spacial score (nSPS) is 11.1. The maximum absolute atomic E-state index is 13.7. The number of phenols is 1. The minimum atomic E-state index is -0.737. The monoisotopic (exact) mass is 541 g/mol. The Balaban J connectivity index is 1.47. The molecular formula is C23H14F2IN5O. The third-order valence-electron chi connectivity index (χ3n) is 4.88. The number of phenolic OH excluding ortho intramolecular Hbond substituents is 1. The minimum absolute atomic E-state index is 0.261. The highest BCUT2D eigenvalue weighted by atomic mass is 127. The SMILES string of the molecule is Oc1ccc(-n2cc(-c3ccc4c(Nc5ccc(F)c(I)c5)cccc4n3)nn2)cc1F. The summed E-state index contributed by atoms with van der Waals surface area (Å²) in [4.78, 5) is 4.69. The fourth-order valence-electron chi connectivity index (χ4n) is 3.28. The van der Waals surface area contributed by atoms with E-state index in [0.717, 1.165) is 22.3 Å². The number of nitrogens with one attached hydrogen (secondary N) is 1. The number of hydrogen-bond acceptors (Lipinski definition) is 5. The lowest BCUT2D eigenvalue weighted by molar-refractivity contribution is 0.432. The zero-order valence-electron chi connectivity index (χ0n) is 16.3. The van der Waals surface area contributed by atoms with Crippen molar-refractivity contribution < 1.29 is 13.9 Å². The molecule has 9 heteroatoms. The highest BCUT2D eigenvalue weighted by molar-refractivity contribution is 14.1. The van der Waals surface area contributed by atoms with Crippen LogP contribution in [0.2, 0.25) is 0 Å². The van der Waals surface area contributed by atoms with E-state index >= 15 is 0 Å². The smallest absolute Gasteiger partial charge is 0.166 e. The Morgan fingerprint density at radius 2 is 1.78 bits per heavy atom. The number of benzene rings is 3. The van der Waals surface area contributed by atoms with Gasteiger partial charge in [-0.3, -0.25) is 0 Å². The van der Waals surface area contributed by atoms with E-state index in [0.29, 0.717) is 20.6 Å². The molecule has 0 radical (unpaired) electrons. The largest absolute Gasteiger partial charge is 0.505 e. The first-order valence-electron chi connectivity index (χ1n) is 9.51. The first kappa shape index (κ1) is 20.3. The number of halogens is 3. The summed E-state index contributed by atoms with van der Waals surface area (Å²) >= 11 is 1.96. The Kier molecular flexibility index (Phi) is 5.17. The summed E-state index contributed by atoms with van der Waals surface area (Å²) < 4.78 is 29.2. The van der Waals surface area contributed by atoms with E-state index in [2.05, 4.69) is 20.6 Å². The fraction of sp³-hybridized carbons (Fsp3) is 0. The first-order chi connectivity index (χ1) is 15.5. The third kappa shape index (κ3) is 3.86. The summed E-state index contributed by atoms with van der Waals surface area (Å²) in [5.74, 6) is -1.42. The van der Waals surface area contributed by atoms with Gasteiger partial charge in [-0.1, -0.05) is 11.3 Å². The third-order valence-corrected chi connectivity index (χ3v) is 5.71. The lowest BCUT2D eigenvalue weighted by Gasteiger charge is -2.10. The van der Waals surface area contributed by atoms with Crippen LogP contribution in [0.1, 0.15) is 0 Å². The number of pyridine rings is 1. The summed E-state index contributed by atoms with van der Waals surface area (Å²) in [5, 5.41) is 21.7.